The van der Waals surface area contributed by atoms with E-state index in [0.29, 0.717) is 11.6 Å². The summed E-state index contributed by atoms with van der Waals surface area (Å²) in [5.74, 6) is 0. The molecule has 0 radical (unpaired) electrons. The summed E-state index contributed by atoms with van der Waals surface area (Å²) in [6.45, 7) is 0.575. The molecule has 20 heavy (non-hydrogen) atoms. The molecule has 0 unspecified atom stereocenters. The Morgan fingerprint density at radius 3 is 2.85 bits per heavy atom. The molecule has 2 aromatic heterocycles. The molecule has 0 aliphatic carbocycles. The number of aromatic nitrogens is 2. The van der Waals surface area contributed by atoms with Crippen molar-refractivity contribution < 1.29 is 0 Å². The molecule has 0 saturated heterocycles. The van der Waals surface area contributed by atoms with E-state index in [2.05, 4.69) is 4.98 Å². The van der Waals surface area contributed by atoms with Gasteiger partial charge in [0.2, 0.25) is 0 Å². The first-order valence-electron chi connectivity index (χ1n) is 6.06. The molecule has 0 fully saturated rings. The fourth-order valence-corrected chi connectivity index (χ4v) is 2.86. The number of fused-ring (bicyclic) bond motifs is 1. The molecule has 0 saturated carbocycles. The van der Waals surface area contributed by atoms with Gasteiger partial charge in [0.1, 0.15) is 0 Å². The third-order valence-corrected chi connectivity index (χ3v) is 4.03. The molecule has 0 spiro atoms. The van der Waals surface area contributed by atoms with Crippen LogP contribution in [0.4, 0.5) is 5.69 Å². The van der Waals surface area contributed by atoms with Gasteiger partial charge in [0, 0.05) is 35.4 Å². The van der Waals surface area contributed by atoms with Gasteiger partial charge in [-0.05, 0) is 24.3 Å². The Bertz CT molecular complexity index is 794. The molecule has 0 bridgehead atoms. The van der Waals surface area contributed by atoms with E-state index in [1.807, 2.05) is 41.6 Å². The number of rotatable bonds is 3. The standard InChI is InChI=1S/C14H12ClN3OS/c1-17(12-4-2-10(15)3-5-12)9-11-8-13(19)18-6-7-20-14(18)16-11/h2-8H,9H2,1H3. The summed E-state index contributed by atoms with van der Waals surface area (Å²) in [6.07, 6.45) is 1.74. The maximum absolute atomic E-state index is 11.9. The van der Waals surface area contributed by atoms with Crippen LogP contribution in [-0.2, 0) is 6.54 Å². The number of thiazole rings is 1. The van der Waals surface area contributed by atoms with E-state index >= 15 is 0 Å². The smallest absolute Gasteiger partial charge is 0.258 e. The van der Waals surface area contributed by atoms with Gasteiger partial charge in [0.15, 0.2) is 4.96 Å². The molecule has 2 heterocycles. The predicted octanol–water partition coefficient (Wildman–Crippen LogP) is 3.05. The normalized spacial score (nSPS) is 10.9. The van der Waals surface area contributed by atoms with Gasteiger partial charge in [0.25, 0.3) is 5.56 Å². The van der Waals surface area contributed by atoms with Gasteiger partial charge in [-0.15, -0.1) is 11.3 Å². The quantitative estimate of drug-likeness (QED) is 0.746. The SMILES string of the molecule is CN(Cc1cc(=O)n2ccsc2n1)c1ccc(Cl)cc1. The van der Waals surface area contributed by atoms with Gasteiger partial charge < -0.3 is 4.90 Å². The zero-order valence-electron chi connectivity index (χ0n) is 10.8. The molecular formula is C14H12ClN3OS. The minimum Gasteiger partial charge on any atom is -0.369 e. The third kappa shape index (κ3) is 2.55. The molecule has 0 amide bonds. The maximum atomic E-state index is 11.9. The lowest BCUT2D eigenvalue weighted by Crippen LogP contribution is -2.20. The zero-order valence-corrected chi connectivity index (χ0v) is 12.4. The summed E-state index contributed by atoms with van der Waals surface area (Å²) in [5.41, 5.74) is 1.74. The van der Waals surface area contributed by atoms with Crippen molar-refractivity contribution in [3.05, 3.63) is 63.0 Å². The molecule has 0 aliphatic rings. The van der Waals surface area contributed by atoms with Crippen LogP contribution in [0.25, 0.3) is 4.96 Å². The third-order valence-electron chi connectivity index (χ3n) is 3.02. The number of halogens is 1. The van der Waals surface area contributed by atoms with E-state index in [-0.39, 0.29) is 5.56 Å². The first-order valence-corrected chi connectivity index (χ1v) is 7.32. The van der Waals surface area contributed by atoms with Crippen LogP contribution in [-0.4, -0.2) is 16.4 Å². The number of benzene rings is 1. The van der Waals surface area contributed by atoms with Crippen molar-refractivity contribution >= 4 is 33.6 Å². The molecule has 0 atom stereocenters. The molecule has 3 aromatic rings. The molecule has 0 aliphatic heterocycles. The highest BCUT2D eigenvalue weighted by molar-refractivity contribution is 7.15. The second-order valence-electron chi connectivity index (χ2n) is 4.47. The van der Waals surface area contributed by atoms with E-state index in [1.165, 1.54) is 11.3 Å². The number of hydrogen-bond acceptors (Lipinski definition) is 4. The maximum Gasteiger partial charge on any atom is 0.258 e. The summed E-state index contributed by atoms with van der Waals surface area (Å²) < 4.78 is 1.55. The van der Waals surface area contributed by atoms with Crippen molar-refractivity contribution in [1.82, 2.24) is 9.38 Å². The second-order valence-corrected chi connectivity index (χ2v) is 5.78. The monoisotopic (exact) mass is 305 g/mol. The first kappa shape index (κ1) is 13.1. The fraction of sp³-hybridized carbons (Fsp3) is 0.143. The highest BCUT2D eigenvalue weighted by Gasteiger charge is 2.07. The Labute approximate surface area is 124 Å². The van der Waals surface area contributed by atoms with Crippen LogP contribution in [0.1, 0.15) is 5.69 Å². The topological polar surface area (TPSA) is 37.6 Å². The number of nitrogens with zero attached hydrogens (tertiary/aromatic N) is 3. The fourth-order valence-electron chi connectivity index (χ4n) is 2.00. The lowest BCUT2D eigenvalue weighted by molar-refractivity contribution is 0.875. The number of anilines is 1. The van der Waals surface area contributed by atoms with Crippen molar-refractivity contribution in [1.29, 1.82) is 0 Å². The molecule has 3 rings (SSSR count). The summed E-state index contributed by atoms with van der Waals surface area (Å²) >= 11 is 7.33. The van der Waals surface area contributed by atoms with Crippen molar-refractivity contribution in [3.8, 4) is 0 Å². The van der Waals surface area contributed by atoms with Gasteiger partial charge in [-0.3, -0.25) is 9.20 Å². The minimum absolute atomic E-state index is 0.0456. The predicted molar refractivity (Wildman–Crippen MR) is 82.9 cm³/mol. The van der Waals surface area contributed by atoms with Gasteiger partial charge in [0.05, 0.1) is 12.2 Å². The van der Waals surface area contributed by atoms with E-state index in [0.717, 1.165) is 16.3 Å². The Hall–Kier alpha value is -1.85. The van der Waals surface area contributed by atoms with Crippen LogP contribution < -0.4 is 10.5 Å². The highest BCUT2D eigenvalue weighted by Crippen LogP contribution is 2.18. The molecule has 6 heteroatoms. The summed E-state index contributed by atoms with van der Waals surface area (Å²) in [7, 11) is 1.96. The largest absolute Gasteiger partial charge is 0.369 e. The molecule has 102 valence electrons. The van der Waals surface area contributed by atoms with Crippen molar-refractivity contribution in [2.75, 3.05) is 11.9 Å². The molecule has 4 nitrogen and oxygen atoms in total. The van der Waals surface area contributed by atoms with Gasteiger partial charge in [-0.1, -0.05) is 11.6 Å². The molecule has 0 N–H and O–H groups in total. The van der Waals surface area contributed by atoms with Crippen LogP contribution in [0.15, 0.2) is 46.7 Å². The van der Waals surface area contributed by atoms with E-state index in [4.69, 9.17) is 11.6 Å². The van der Waals surface area contributed by atoms with Crippen molar-refractivity contribution in [2.45, 2.75) is 6.54 Å². The highest BCUT2D eigenvalue weighted by atomic mass is 35.5. The number of hydrogen-bond donors (Lipinski definition) is 0. The average molecular weight is 306 g/mol. The average Bonchev–Trinajstić information content (AvgIpc) is 2.88. The zero-order chi connectivity index (χ0) is 14.1. The lowest BCUT2D eigenvalue weighted by Gasteiger charge is -2.18. The van der Waals surface area contributed by atoms with Crippen LogP contribution in [0.2, 0.25) is 5.02 Å². The Kier molecular flexibility index (Phi) is 3.46. The van der Waals surface area contributed by atoms with Gasteiger partial charge in [-0.25, -0.2) is 4.98 Å². The molecule has 1 aromatic carbocycles. The first-order chi connectivity index (χ1) is 9.63. The Morgan fingerprint density at radius 1 is 1.35 bits per heavy atom. The van der Waals surface area contributed by atoms with Gasteiger partial charge >= 0.3 is 0 Å². The summed E-state index contributed by atoms with van der Waals surface area (Å²) in [4.78, 5) is 19.2. The van der Waals surface area contributed by atoms with Crippen LogP contribution in [0, 0.1) is 0 Å². The van der Waals surface area contributed by atoms with Crippen LogP contribution in [0.3, 0.4) is 0 Å². The minimum atomic E-state index is -0.0456. The summed E-state index contributed by atoms with van der Waals surface area (Å²) in [6, 6.07) is 9.15. The van der Waals surface area contributed by atoms with Crippen LogP contribution in [0.5, 0.6) is 0 Å². The van der Waals surface area contributed by atoms with Crippen molar-refractivity contribution in [2.24, 2.45) is 0 Å². The molecular weight excluding hydrogens is 294 g/mol. The van der Waals surface area contributed by atoms with Crippen LogP contribution >= 0.6 is 22.9 Å². The lowest BCUT2D eigenvalue weighted by atomic mass is 10.3. The Balaban J connectivity index is 1.88. The van der Waals surface area contributed by atoms with E-state index in [1.54, 1.807) is 16.7 Å². The van der Waals surface area contributed by atoms with E-state index in [9.17, 15) is 4.79 Å². The Morgan fingerprint density at radius 2 is 2.10 bits per heavy atom. The second kappa shape index (κ2) is 5.26. The van der Waals surface area contributed by atoms with Gasteiger partial charge in [-0.2, -0.15) is 0 Å². The summed E-state index contributed by atoms with van der Waals surface area (Å²) in [5, 5.41) is 2.56. The van der Waals surface area contributed by atoms with Crippen molar-refractivity contribution in [3.63, 3.8) is 0 Å². The van der Waals surface area contributed by atoms with E-state index < -0.39 is 0 Å².